The third-order valence-electron chi connectivity index (χ3n) is 3.84. The van der Waals surface area contributed by atoms with E-state index < -0.39 is 41.4 Å². The molecule has 0 spiro atoms. The highest BCUT2D eigenvalue weighted by molar-refractivity contribution is 7.13. The summed E-state index contributed by atoms with van der Waals surface area (Å²) in [6, 6.07) is 4.73. The smallest absolute Gasteiger partial charge is 0.207 e. The van der Waals surface area contributed by atoms with E-state index in [-0.39, 0.29) is 0 Å². The van der Waals surface area contributed by atoms with Gasteiger partial charge in [0.05, 0.1) is 19.0 Å². The summed E-state index contributed by atoms with van der Waals surface area (Å²) in [5.41, 5.74) is 4.46. The second-order valence-electron chi connectivity index (χ2n) is 5.92. The predicted molar refractivity (Wildman–Crippen MR) is 102 cm³/mol. The lowest BCUT2D eigenvalue weighted by Gasteiger charge is -2.13. The Labute approximate surface area is 171 Å². The van der Waals surface area contributed by atoms with Gasteiger partial charge in [0.2, 0.25) is 34.2 Å². The average Bonchev–Trinajstić information content (AvgIpc) is 3.16. The number of nitrogens with zero attached hydrogens (tertiary/aromatic N) is 2. The fourth-order valence-electron chi connectivity index (χ4n) is 2.42. The number of hydrazone groups is 1. The van der Waals surface area contributed by atoms with Crippen molar-refractivity contribution in [3.05, 3.63) is 69.5 Å². The van der Waals surface area contributed by atoms with Crippen molar-refractivity contribution in [2.75, 3.05) is 12.5 Å². The number of thiazole rings is 1. The largest absolute Gasteiger partial charge is 0.496 e. The first-order chi connectivity index (χ1) is 14.3. The number of benzene rings is 2. The van der Waals surface area contributed by atoms with Gasteiger partial charge in [-0.3, -0.25) is 5.43 Å². The molecule has 0 aliphatic rings. The summed E-state index contributed by atoms with van der Waals surface area (Å²) in [5.74, 6) is -11.6. The molecule has 5 nitrogen and oxygen atoms in total. The van der Waals surface area contributed by atoms with Gasteiger partial charge in [0.15, 0.2) is 5.75 Å². The first kappa shape index (κ1) is 21.5. The maximum Gasteiger partial charge on any atom is 0.207 e. The summed E-state index contributed by atoms with van der Waals surface area (Å²) in [4.78, 5) is 4.18. The van der Waals surface area contributed by atoms with Crippen molar-refractivity contribution in [1.82, 2.24) is 4.98 Å². The Kier molecular flexibility index (Phi) is 6.50. The second-order valence-corrected chi connectivity index (χ2v) is 6.78. The van der Waals surface area contributed by atoms with Crippen LogP contribution in [0.3, 0.4) is 0 Å². The molecule has 30 heavy (non-hydrogen) atoms. The van der Waals surface area contributed by atoms with Crippen molar-refractivity contribution in [2.24, 2.45) is 5.10 Å². The van der Waals surface area contributed by atoms with E-state index in [9.17, 15) is 22.0 Å². The predicted octanol–water partition coefficient (Wildman–Crippen LogP) is 5.18. The molecule has 0 atom stereocenters. The van der Waals surface area contributed by atoms with Gasteiger partial charge < -0.3 is 9.47 Å². The van der Waals surface area contributed by atoms with E-state index in [0.29, 0.717) is 22.0 Å². The Morgan fingerprint density at radius 1 is 1.07 bits per heavy atom. The van der Waals surface area contributed by atoms with E-state index in [1.807, 2.05) is 12.3 Å². The van der Waals surface area contributed by atoms with Gasteiger partial charge in [-0.1, -0.05) is 0 Å². The molecule has 11 heteroatoms. The van der Waals surface area contributed by atoms with Crippen molar-refractivity contribution in [3.8, 4) is 11.5 Å². The number of aromatic nitrogens is 1. The molecule has 0 amide bonds. The summed E-state index contributed by atoms with van der Waals surface area (Å²) >= 11 is 1.37. The lowest BCUT2D eigenvalue weighted by atomic mass is 10.1. The molecule has 2 aromatic carbocycles. The second kappa shape index (κ2) is 9.08. The molecule has 0 aliphatic carbocycles. The molecule has 3 aromatic rings. The summed E-state index contributed by atoms with van der Waals surface area (Å²) in [6.07, 6.45) is 1.46. The Morgan fingerprint density at radius 3 is 2.33 bits per heavy atom. The van der Waals surface area contributed by atoms with E-state index in [4.69, 9.17) is 9.47 Å². The Bertz CT molecular complexity index is 1080. The fraction of sp³-hybridized carbons (Fsp3) is 0.158. The minimum Gasteiger partial charge on any atom is -0.496 e. The summed E-state index contributed by atoms with van der Waals surface area (Å²) in [7, 11) is 1.36. The zero-order valence-electron chi connectivity index (χ0n) is 15.6. The molecule has 158 valence electrons. The van der Waals surface area contributed by atoms with Crippen LogP contribution < -0.4 is 14.9 Å². The quantitative estimate of drug-likeness (QED) is 0.180. The number of aryl methyl sites for hydroxylation is 1. The van der Waals surface area contributed by atoms with E-state index in [0.717, 1.165) is 5.69 Å². The van der Waals surface area contributed by atoms with Gasteiger partial charge >= 0.3 is 0 Å². The molecule has 0 radical (unpaired) electrons. The summed E-state index contributed by atoms with van der Waals surface area (Å²) in [6.45, 7) is 1.33. The SMILES string of the molecule is COc1ccc(C=NNc2nc(C)cs2)cc1COc1c(F)c(F)c(F)c(F)c1F. The van der Waals surface area contributed by atoms with Gasteiger partial charge in [-0.2, -0.15) is 13.9 Å². The number of anilines is 1. The minimum absolute atomic E-state index is 0.291. The van der Waals surface area contributed by atoms with Crippen LogP contribution >= 0.6 is 11.3 Å². The van der Waals surface area contributed by atoms with Gasteiger partial charge in [0.25, 0.3) is 0 Å². The fourth-order valence-corrected chi connectivity index (χ4v) is 3.06. The number of hydrogen-bond acceptors (Lipinski definition) is 6. The van der Waals surface area contributed by atoms with Crippen LogP contribution in [-0.4, -0.2) is 18.3 Å². The third kappa shape index (κ3) is 4.51. The molecule has 1 heterocycles. The number of nitrogens with one attached hydrogen (secondary N) is 1. The standard InChI is InChI=1S/C19H14F5N3O2S/c1-9-8-30-19(26-9)27-25-6-10-3-4-12(28-2)11(5-10)7-29-18-16(23)14(21)13(20)15(22)17(18)24/h3-6,8H,7H2,1-2H3,(H,26,27). The Morgan fingerprint density at radius 2 is 1.73 bits per heavy atom. The number of halogens is 5. The number of hydrogen-bond donors (Lipinski definition) is 1. The van der Waals surface area contributed by atoms with Crippen LogP contribution in [0.25, 0.3) is 0 Å². The molecule has 1 N–H and O–H groups in total. The van der Waals surface area contributed by atoms with Gasteiger partial charge in [0, 0.05) is 10.9 Å². The summed E-state index contributed by atoms with van der Waals surface area (Å²) in [5, 5.41) is 6.47. The molecule has 0 unspecified atom stereocenters. The van der Waals surface area contributed by atoms with Gasteiger partial charge in [-0.05, 0) is 30.7 Å². The summed E-state index contributed by atoms with van der Waals surface area (Å²) < 4.78 is 77.4. The monoisotopic (exact) mass is 443 g/mol. The molecule has 0 saturated heterocycles. The lowest BCUT2D eigenvalue weighted by Crippen LogP contribution is -2.08. The first-order valence-electron chi connectivity index (χ1n) is 8.34. The van der Waals surface area contributed by atoms with E-state index in [2.05, 4.69) is 15.5 Å². The van der Waals surface area contributed by atoms with Crippen LogP contribution in [0.5, 0.6) is 11.5 Å². The van der Waals surface area contributed by atoms with E-state index >= 15 is 0 Å². The molecular weight excluding hydrogens is 429 g/mol. The molecular formula is C19H14F5N3O2S. The number of rotatable bonds is 7. The molecule has 3 rings (SSSR count). The van der Waals surface area contributed by atoms with Crippen molar-refractivity contribution >= 4 is 22.7 Å². The molecule has 0 saturated carbocycles. The zero-order chi connectivity index (χ0) is 21.8. The van der Waals surface area contributed by atoms with Crippen molar-refractivity contribution in [3.63, 3.8) is 0 Å². The Hall–Kier alpha value is -3.21. The molecule has 0 aliphatic heterocycles. The average molecular weight is 443 g/mol. The highest BCUT2D eigenvalue weighted by atomic mass is 32.1. The lowest BCUT2D eigenvalue weighted by molar-refractivity contribution is 0.249. The van der Waals surface area contributed by atoms with Crippen LogP contribution in [0.4, 0.5) is 27.1 Å². The van der Waals surface area contributed by atoms with Crippen molar-refractivity contribution in [2.45, 2.75) is 13.5 Å². The Balaban J connectivity index is 1.80. The van der Waals surface area contributed by atoms with Crippen LogP contribution in [-0.2, 0) is 6.61 Å². The molecule has 0 bridgehead atoms. The molecule has 0 fully saturated rings. The third-order valence-corrected chi connectivity index (χ3v) is 4.70. The van der Waals surface area contributed by atoms with E-state index in [1.165, 1.54) is 30.7 Å². The number of methoxy groups -OCH3 is 1. The van der Waals surface area contributed by atoms with Crippen LogP contribution in [0.1, 0.15) is 16.8 Å². The van der Waals surface area contributed by atoms with Crippen molar-refractivity contribution < 1.29 is 31.4 Å². The highest BCUT2D eigenvalue weighted by Gasteiger charge is 2.27. The maximum absolute atomic E-state index is 13.8. The first-order valence-corrected chi connectivity index (χ1v) is 9.22. The van der Waals surface area contributed by atoms with E-state index in [1.54, 1.807) is 12.1 Å². The van der Waals surface area contributed by atoms with Gasteiger partial charge in [-0.15, -0.1) is 11.3 Å². The maximum atomic E-state index is 13.8. The van der Waals surface area contributed by atoms with Crippen LogP contribution in [0, 0.1) is 36.0 Å². The topological polar surface area (TPSA) is 55.7 Å². The molecule has 1 aromatic heterocycles. The highest BCUT2D eigenvalue weighted by Crippen LogP contribution is 2.30. The number of ether oxygens (including phenoxy) is 2. The zero-order valence-corrected chi connectivity index (χ0v) is 16.4. The van der Waals surface area contributed by atoms with Gasteiger partial charge in [0.1, 0.15) is 12.4 Å². The minimum atomic E-state index is -2.25. The normalized spacial score (nSPS) is 11.2. The van der Waals surface area contributed by atoms with Crippen LogP contribution in [0.15, 0.2) is 28.7 Å². The van der Waals surface area contributed by atoms with Gasteiger partial charge in [-0.25, -0.2) is 18.2 Å². The van der Waals surface area contributed by atoms with Crippen LogP contribution in [0.2, 0.25) is 0 Å². The van der Waals surface area contributed by atoms with Crippen molar-refractivity contribution in [1.29, 1.82) is 0 Å².